The fourth-order valence-corrected chi connectivity index (χ4v) is 4.41. The van der Waals surface area contributed by atoms with Crippen molar-refractivity contribution in [1.29, 1.82) is 0 Å². The van der Waals surface area contributed by atoms with Crippen molar-refractivity contribution < 1.29 is 4.79 Å². The molecule has 0 aliphatic heterocycles. The molecule has 1 atom stereocenters. The Hall–Kier alpha value is -2.35. The third-order valence-electron chi connectivity index (χ3n) is 6.49. The second-order valence-corrected chi connectivity index (χ2v) is 9.55. The summed E-state index contributed by atoms with van der Waals surface area (Å²) in [7, 11) is 0. The van der Waals surface area contributed by atoms with Crippen molar-refractivity contribution in [3.63, 3.8) is 0 Å². The van der Waals surface area contributed by atoms with Gasteiger partial charge in [-0.05, 0) is 49.7 Å². The lowest BCUT2D eigenvalue weighted by Gasteiger charge is -2.19. The van der Waals surface area contributed by atoms with Crippen LogP contribution in [0.25, 0.3) is 0 Å². The lowest BCUT2D eigenvalue weighted by atomic mass is 9.98. The number of carbonyl (C=O) groups is 1. The van der Waals surface area contributed by atoms with Gasteiger partial charge in [-0.2, -0.15) is 0 Å². The number of benzene rings is 2. The number of rotatable bonds is 19. The molecule has 0 saturated carbocycles. The molecule has 0 bridgehead atoms. The first-order valence-corrected chi connectivity index (χ1v) is 13.8. The van der Waals surface area contributed by atoms with Crippen molar-refractivity contribution >= 4 is 5.91 Å². The normalized spacial score (nSPS) is 12.1. The highest BCUT2D eigenvalue weighted by atomic mass is 16.1. The Kier molecular flexibility index (Phi) is 15.6. The second kappa shape index (κ2) is 19.0. The summed E-state index contributed by atoms with van der Waals surface area (Å²) in [4.78, 5) is 12.6. The highest BCUT2D eigenvalue weighted by molar-refractivity contribution is 5.76. The first-order chi connectivity index (χ1) is 16.8. The zero-order valence-corrected chi connectivity index (χ0v) is 21.5. The molecule has 2 aromatic rings. The third-order valence-corrected chi connectivity index (χ3v) is 6.49. The van der Waals surface area contributed by atoms with Crippen LogP contribution in [0, 0.1) is 0 Å². The van der Waals surface area contributed by atoms with E-state index in [1.54, 1.807) is 0 Å². The Bertz CT molecular complexity index is 768. The van der Waals surface area contributed by atoms with Crippen LogP contribution in [0.15, 0.2) is 72.8 Å². The van der Waals surface area contributed by atoms with Gasteiger partial charge >= 0.3 is 0 Å². The monoisotopic (exact) mass is 461 g/mol. The van der Waals surface area contributed by atoms with Crippen LogP contribution in [-0.4, -0.2) is 5.91 Å². The van der Waals surface area contributed by atoms with Crippen molar-refractivity contribution in [2.45, 2.75) is 109 Å². The second-order valence-electron chi connectivity index (χ2n) is 9.55. The van der Waals surface area contributed by atoms with Crippen LogP contribution in [0.1, 0.15) is 114 Å². The van der Waals surface area contributed by atoms with E-state index in [9.17, 15) is 4.79 Å². The number of unbranched alkanes of at least 4 members (excludes halogenated alkanes) is 11. The van der Waals surface area contributed by atoms with Gasteiger partial charge in [-0.25, -0.2) is 0 Å². The molecular formula is C32H47NO. The van der Waals surface area contributed by atoms with E-state index in [0.717, 1.165) is 19.3 Å². The van der Waals surface area contributed by atoms with Gasteiger partial charge in [-0.15, -0.1) is 0 Å². The fourth-order valence-electron chi connectivity index (χ4n) is 4.41. The molecule has 186 valence electrons. The lowest BCUT2D eigenvalue weighted by Crippen LogP contribution is -2.29. The molecule has 0 radical (unpaired) electrons. The fraction of sp³-hybridized carbons (Fsp3) is 0.531. The van der Waals surface area contributed by atoms with E-state index >= 15 is 0 Å². The molecule has 0 aliphatic rings. The van der Waals surface area contributed by atoms with Crippen molar-refractivity contribution in [2.24, 2.45) is 0 Å². The Morgan fingerprint density at radius 2 is 1.24 bits per heavy atom. The Morgan fingerprint density at radius 3 is 1.85 bits per heavy atom. The molecule has 1 amide bonds. The molecule has 0 heterocycles. The van der Waals surface area contributed by atoms with Crippen molar-refractivity contribution in [3.05, 3.63) is 83.9 Å². The van der Waals surface area contributed by atoms with Gasteiger partial charge in [0.2, 0.25) is 5.91 Å². The van der Waals surface area contributed by atoms with Crippen LogP contribution in [0.2, 0.25) is 0 Å². The molecule has 0 aliphatic carbocycles. The first-order valence-electron chi connectivity index (χ1n) is 13.8. The summed E-state index contributed by atoms with van der Waals surface area (Å²) in [5.74, 6) is 0.169. The zero-order chi connectivity index (χ0) is 24.1. The van der Waals surface area contributed by atoms with Crippen LogP contribution in [0.5, 0.6) is 0 Å². The Labute approximate surface area is 209 Å². The predicted octanol–water partition coefficient (Wildman–Crippen LogP) is 9.12. The number of nitrogens with one attached hydrogen (secondary N) is 1. The molecule has 2 aromatic carbocycles. The van der Waals surface area contributed by atoms with E-state index in [-0.39, 0.29) is 11.9 Å². The minimum absolute atomic E-state index is 0.0271. The molecule has 2 nitrogen and oxygen atoms in total. The highest BCUT2D eigenvalue weighted by Gasteiger charge is 2.15. The summed E-state index contributed by atoms with van der Waals surface area (Å²) in [6.45, 7) is 2.27. The predicted molar refractivity (Wildman–Crippen MR) is 147 cm³/mol. The molecule has 2 heteroatoms. The largest absolute Gasteiger partial charge is 0.349 e. The average molecular weight is 462 g/mol. The standard InChI is InChI=1S/C32H47NO/c1-2-3-4-5-6-7-8-9-10-11-12-13-14-15-22-27-32(34)33-31(30-25-20-17-21-26-30)28-29-23-18-16-19-24-29/h9-10,16-21,23-26,31H,2-8,11-15,22,27-28H2,1H3,(H,33,34)/b10-9-. The molecule has 1 unspecified atom stereocenters. The lowest BCUT2D eigenvalue weighted by molar-refractivity contribution is -0.122. The summed E-state index contributed by atoms with van der Waals surface area (Å²) >= 11 is 0. The first kappa shape index (κ1) is 27.9. The number of carbonyl (C=O) groups excluding carboxylic acids is 1. The van der Waals surface area contributed by atoms with Gasteiger partial charge in [0, 0.05) is 6.42 Å². The van der Waals surface area contributed by atoms with Crippen LogP contribution in [0.4, 0.5) is 0 Å². The van der Waals surface area contributed by atoms with E-state index in [1.165, 1.54) is 81.8 Å². The molecule has 1 N–H and O–H groups in total. The van der Waals surface area contributed by atoms with Gasteiger partial charge in [0.25, 0.3) is 0 Å². The Balaban J connectivity index is 1.54. The van der Waals surface area contributed by atoms with Crippen LogP contribution in [-0.2, 0) is 11.2 Å². The highest BCUT2D eigenvalue weighted by Crippen LogP contribution is 2.19. The molecule has 0 spiro atoms. The summed E-state index contributed by atoms with van der Waals surface area (Å²) < 4.78 is 0. The average Bonchev–Trinajstić information content (AvgIpc) is 2.87. The summed E-state index contributed by atoms with van der Waals surface area (Å²) in [6, 6.07) is 20.8. The SMILES string of the molecule is CCCCCCCC/C=C\CCCCCCCC(=O)NC(Cc1ccccc1)c1ccccc1. The van der Waals surface area contributed by atoms with Crippen LogP contribution < -0.4 is 5.32 Å². The molecule has 0 saturated heterocycles. The quantitative estimate of drug-likeness (QED) is 0.164. The van der Waals surface area contributed by atoms with E-state index in [4.69, 9.17) is 0 Å². The molecule has 34 heavy (non-hydrogen) atoms. The Morgan fingerprint density at radius 1 is 0.706 bits per heavy atom. The number of hydrogen-bond donors (Lipinski definition) is 1. The van der Waals surface area contributed by atoms with E-state index in [2.05, 4.69) is 60.8 Å². The number of allylic oxidation sites excluding steroid dienone is 2. The van der Waals surface area contributed by atoms with E-state index < -0.39 is 0 Å². The molecule has 0 aromatic heterocycles. The van der Waals surface area contributed by atoms with Crippen molar-refractivity contribution in [3.8, 4) is 0 Å². The van der Waals surface area contributed by atoms with E-state index in [0.29, 0.717) is 6.42 Å². The number of hydrogen-bond acceptors (Lipinski definition) is 1. The van der Waals surface area contributed by atoms with Crippen LogP contribution >= 0.6 is 0 Å². The van der Waals surface area contributed by atoms with Crippen molar-refractivity contribution in [2.75, 3.05) is 0 Å². The maximum Gasteiger partial charge on any atom is 0.220 e. The van der Waals surface area contributed by atoms with Gasteiger partial charge in [-0.3, -0.25) is 4.79 Å². The summed E-state index contributed by atoms with van der Waals surface area (Å²) in [6.07, 6.45) is 22.8. The van der Waals surface area contributed by atoms with Gasteiger partial charge in [-0.1, -0.05) is 131 Å². The van der Waals surface area contributed by atoms with Gasteiger partial charge in [0.1, 0.15) is 0 Å². The molecular weight excluding hydrogens is 414 g/mol. The maximum atomic E-state index is 12.6. The van der Waals surface area contributed by atoms with E-state index in [1.807, 2.05) is 24.3 Å². The molecule has 2 rings (SSSR count). The third kappa shape index (κ3) is 13.4. The topological polar surface area (TPSA) is 29.1 Å². The number of amides is 1. The summed E-state index contributed by atoms with van der Waals surface area (Å²) in [5.41, 5.74) is 2.42. The van der Waals surface area contributed by atoms with Gasteiger partial charge in [0.15, 0.2) is 0 Å². The summed E-state index contributed by atoms with van der Waals surface area (Å²) in [5, 5.41) is 3.28. The van der Waals surface area contributed by atoms with Crippen molar-refractivity contribution in [1.82, 2.24) is 5.32 Å². The smallest absolute Gasteiger partial charge is 0.220 e. The molecule has 0 fully saturated rings. The zero-order valence-electron chi connectivity index (χ0n) is 21.5. The van der Waals surface area contributed by atoms with Gasteiger partial charge in [0.05, 0.1) is 6.04 Å². The maximum absolute atomic E-state index is 12.6. The van der Waals surface area contributed by atoms with Gasteiger partial charge < -0.3 is 5.32 Å². The minimum atomic E-state index is 0.0271. The van der Waals surface area contributed by atoms with Crippen LogP contribution in [0.3, 0.4) is 0 Å². The minimum Gasteiger partial charge on any atom is -0.349 e.